The van der Waals surface area contributed by atoms with Gasteiger partial charge in [0.05, 0.1) is 11.6 Å². The predicted octanol–water partition coefficient (Wildman–Crippen LogP) is 3.97. The number of benzene rings is 2. The van der Waals surface area contributed by atoms with Gasteiger partial charge in [-0.3, -0.25) is 9.59 Å². The lowest BCUT2D eigenvalue weighted by molar-refractivity contribution is -0.123. The Bertz CT molecular complexity index is 855. The van der Waals surface area contributed by atoms with Crippen LogP contribution < -0.4 is 10.1 Å². The molecule has 0 aliphatic carbocycles. The summed E-state index contributed by atoms with van der Waals surface area (Å²) in [6, 6.07) is 15.3. The summed E-state index contributed by atoms with van der Waals surface area (Å²) < 4.78 is 10.9. The number of hydrogen-bond donors (Lipinski definition) is 1. The highest BCUT2D eigenvalue weighted by Crippen LogP contribution is 2.18. The quantitative estimate of drug-likeness (QED) is 0.682. The van der Waals surface area contributed by atoms with Crippen LogP contribution in [0, 0.1) is 0 Å². The number of alkyl carbamates (subject to hydrolysis) is 1. The normalized spacial score (nSPS) is 12.0. The number of carbonyl (C=O) groups excluding carboxylic acids is 3. The van der Waals surface area contributed by atoms with Crippen LogP contribution in [0.4, 0.5) is 4.79 Å². The zero-order chi connectivity index (χ0) is 21.4. The molecule has 1 N–H and O–H groups in total. The van der Waals surface area contributed by atoms with Crippen LogP contribution in [0.25, 0.3) is 0 Å². The lowest BCUT2D eigenvalue weighted by Gasteiger charge is -2.23. The second-order valence-electron chi connectivity index (χ2n) is 7.70. The minimum absolute atomic E-state index is 0.152. The second kappa shape index (κ2) is 9.87. The van der Waals surface area contributed by atoms with Gasteiger partial charge in [0.2, 0.25) is 0 Å². The number of amides is 1. The van der Waals surface area contributed by atoms with E-state index in [1.54, 1.807) is 45.0 Å². The Kier molecular flexibility index (Phi) is 7.53. The van der Waals surface area contributed by atoms with Crippen molar-refractivity contribution >= 4 is 17.7 Å². The van der Waals surface area contributed by atoms with E-state index in [2.05, 4.69) is 5.32 Å². The van der Waals surface area contributed by atoms with Crippen LogP contribution in [0.2, 0.25) is 0 Å². The third-order valence-corrected chi connectivity index (χ3v) is 4.00. The lowest BCUT2D eigenvalue weighted by atomic mass is 10.0. The highest BCUT2D eigenvalue weighted by atomic mass is 16.6. The van der Waals surface area contributed by atoms with E-state index >= 15 is 0 Å². The molecule has 6 nitrogen and oxygen atoms in total. The Balaban J connectivity index is 2.11. The molecule has 6 heteroatoms. The molecule has 0 saturated heterocycles. The minimum atomic E-state index is -0.822. The first-order valence-electron chi connectivity index (χ1n) is 9.44. The van der Waals surface area contributed by atoms with Crippen molar-refractivity contribution in [1.29, 1.82) is 0 Å². The fourth-order valence-electron chi connectivity index (χ4n) is 2.68. The van der Waals surface area contributed by atoms with Crippen LogP contribution >= 0.6 is 0 Å². The van der Waals surface area contributed by atoms with Gasteiger partial charge in [-0.15, -0.1) is 0 Å². The first kappa shape index (κ1) is 22.1. The molecule has 1 atom stereocenters. The number of ketones is 2. The fraction of sp³-hybridized carbons (Fsp3) is 0.348. The molecule has 2 rings (SSSR count). The van der Waals surface area contributed by atoms with E-state index in [0.717, 1.165) is 5.56 Å². The summed E-state index contributed by atoms with van der Waals surface area (Å²) in [5, 5.41) is 2.64. The number of nitrogens with one attached hydrogen (secondary N) is 1. The van der Waals surface area contributed by atoms with Gasteiger partial charge in [0.25, 0.3) is 0 Å². The smallest absolute Gasteiger partial charge is 0.408 e. The van der Waals surface area contributed by atoms with Gasteiger partial charge in [0, 0.05) is 6.42 Å². The molecule has 154 valence electrons. The van der Waals surface area contributed by atoms with Gasteiger partial charge in [-0.05, 0) is 45.4 Å². The monoisotopic (exact) mass is 397 g/mol. The Morgan fingerprint density at radius 1 is 0.966 bits per heavy atom. The summed E-state index contributed by atoms with van der Waals surface area (Å²) >= 11 is 0. The first-order chi connectivity index (χ1) is 13.7. The molecule has 0 fully saturated rings. The molecule has 0 aliphatic rings. The molecular formula is C23H27NO5. The number of rotatable bonds is 8. The summed E-state index contributed by atoms with van der Waals surface area (Å²) in [7, 11) is 0. The van der Waals surface area contributed by atoms with Crippen molar-refractivity contribution in [1.82, 2.24) is 5.32 Å². The van der Waals surface area contributed by atoms with Gasteiger partial charge in [-0.2, -0.15) is 0 Å². The van der Waals surface area contributed by atoms with E-state index in [-0.39, 0.29) is 18.2 Å². The Morgan fingerprint density at radius 2 is 1.59 bits per heavy atom. The molecule has 2 aromatic rings. The Morgan fingerprint density at radius 3 is 2.21 bits per heavy atom. The van der Waals surface area contributed by atoms with Crippen molar-refractivity contribution in [3.05, 3.63) is 65.7 Å². The topological polar surface area (TPSA) is 81.7 Å². The van der Waals surface area contributed by atoms with Crippen LogP contribution in [0.3, 0.4) is 0 Å². The Labute approximate surface area is 171 Å². The highest BCUT2D eigenvalue weighted by Gasteiger charge is 2.25. The molecule has 0 aliphatic heterocycles. The SMILES string of the molecule is CC(=O)c1ccccc1OCC(=O)[C@H](Cc1ccccc1)NC(=O)OC(C)(C)C. The number of Topliss-reactive ketones (excluding diaryl/α,β-unsaturated/α-hetero) is 2. The van der Waals surface area contributed by atoms with Gasteiger partial charge in [-0.25, -0.2) is 4.79 Å². The maximum atomic E-state index is 12.8. The zero-order valence-electron chi connectivity index (χ0n) is 17.2. The predicted molar refractivity (Wildman–Crippen MR) is 110 cm³/mol. The van der Waals surface area contributed by atoms with Gasteiger partial charge in [0.15, 0.2) is 11.6 Å². The van der Waals surface area contributed by atoms with Crippen molar-refractivity contribution in [3.8, 4) is 5.75 Å². The molecule has 0 bridgehead atoms. The van der Waals surface area contributed by atoms with Crippen LogP contribution in [-0.2, 0) is 16.0 Å². The van der Waals surface area contributed by atoms with Gasteiger partial charge in [0.1, 0.15) is 18.0 Å². The number of ether oxygens (including phenoxy) is 2. The number of carbonyl (C=O) groups is 3. The van der Waals surface area contributed by atoms with Crippen LogP contribution in [0.15, 0.2) is 54.6 Å². The van der Waals surface area contributed by atoms with Crippen LogP contribution in [-0.4, -0.2) is 35.9 Å². The third-order valence-electron chi connectivity index (χ3n) is 4.00. The largest absolute Gasteiger partial charge is 0.485 e. The molecule has 1 amide bonds. The average Bonchev–Trinajstić information content (AvgIpc) is 2.65. The first-order valence-corrected chi connectivity index (χ1v) is 9.44. The number of hydrogen-bond acceptors (Lipinski definition) is 5. The fourth-order valence-corrected chi connectivity index (χ4v) is 2.68. The van der Waals surface area contributed by atoms with Crippen LogP contribution in [0.5, 0.6) is 5.75 Å². The van der Waals surface area contributed by atoms with Crippen molar-refractivity contribution in [2.24, 2.45) is 0 Å². The lowest BCUT2D eigenvalue weighted by Crippen LogP contribution is -2.46. The molecule has 0 heterocycles. The molecule has 0 saturated carbocycles. The maximum absolute atomic E-state index is 12.8. The van der Waals surface area contributed by atoms with Gasteiger partial charge in [-0.1, -0.05) is 42.5 Å². The molecule has 0 radical (unpaired) electrons. The number of para-hydroxylation sites is 1. The van der Waals surface area contributed by atoms with Crippen molar-refractivity contribution in [2.45, 2.75) is 45.8 Å². The highest BCUT2D eigenvalue weighted by molar-refractivity contribution is 5.97. The molecular weight excluding hydrogens is 370 g/mol. The molecule has 29 heavy (non-hydrogen) atoms. The molecule has 2 aromatic carbocycles. The standard InChI is InChI=1S/C23H27NO5/c1-16(25)18-12-8-9-13-21(18)28-15-20(26)19(14-17-10-6-5-7-11-17)24-22(27)29-23(2,3)4/h5-13,19H,14-15H2,1-4H3,(H,24,27)/t19-/m0/s1. The summed E-state index contributed by atoms with van der Waals surface area (Å²) in [5.41, 5.74) is 0.618. The molecule has 0 unspecified atom stereocenters. The maximum Gasteiger partial charge on any atom is 0.408 e. The summed E-state index contributed by atoms with van der Waals surface area (Å²) in [6.45, 7) is 6.41. The van der Waals surface area contributed by atoms with E-state index in [0.29, 0.717) is 17.7 Å². The van der Waals surface area contributed by atoms with E-state index in [9.17, 15) is 14.4 Å². The summed E-state index contributed by atoms with van der Waals surface area (Å²) in [6.07, 6.45) is -0.368. The third kappa shape index (κ3) is 7.41. The second-order valence-corrected chi connectivity index (χ2v) is 7.70. The summed E-state index contributed by atoms with van der Waals surface area (Å²) in [5.74, 6) is -0.136. The van der Waals surface area contributed by atoms with Gasteiger partial charge < -0.3 is 14.8 Å². The molecule has 0 aromatic heterocycles. The van der Waals surface area contributed by atoms with Crippen molar-refractivity contribution in [2.75, 3.05) is 6.61 Å². The van der Waals surface area contributed by atoms with E-state index in [1.807, 2.05) is 30.3 Å². The van der Waals surface area contributed by atoms with Crippen molar-refractivity contribution < 1.29 is 23.9 Å². The van der Waals surface area contributed by atoms with Gasteiger partial charge >= 0.3 is 6.09 Å². The van der Waals surface area contributed by atoms with Crippen molar-refractivity contribution in [3.63, 3.8) is 0 Å². The van der Waals surface area contributed by atoms with Crippen LogP contribution in [0.1, 0.15) is 43.6 Å². The molecule has 0 spiro atoms. The van der Waals surface area contributed by atoms with E-state index in [4.69, 9.17) is 9.47 Å². The minimum Gasteiger partial charge on any atom is -0.485 e. The summed E-state index contributed by atoms with van der Waals surface area (Å²) in [4.78, 5) is 36.8. The van der Waals surface area contributed by atoms with E-state index in [1.165, 1.54) is 6.92 Å². The van der Waals surface area contributed by atoms with E-state index < -0.39 is 17.7 Å². The zero-order valence-corrected chi connectivity index (χ0v) is 17.2. The average molecular weight is 397 g/mol. The Hall–Kier alpha value is -3.15.